The fraction of sp³-hybridized carbons (Fsp3) is 0.176. The molecule has 5 heteroatoms. The number of ether oxygens (including phenoxy) is 1. The van der Waals surface area contributed by atoms with Gasteiger partial charge < -0.3 is 10.1 Å². The molecule has 112 valence electrons. The quantitative estimate of drug-likeness (QED) is 0.944. The molecule has 4 nitrogen and oxygen atoms in total. The number of benzene rings is 1. The fourth-order valence-electron chi connectivity index (χ4n) is 2.50. The van der Waals surface area contributed by atoms with Crippen LogP contribution in [0.3, 0.4) is 0 Å². The molecule has 0 saturated carbocycles. The van der Waals surface area contributed by atoms with Crippen LogP contribution in [0, 0.1) is 6.92 Å². The van der Waals surface area contributed by atoms with Crippen molar-refractivity contribution in [3.63, 3.8) is 0 Å². The Hall–Kier alpha value is -2.33. The van der Waals surface area contributed by atoms with Gasteiger partial charge in [-0.3, -0.25) is 9.78 Å². The lowest BCUT2D eigenvalue weighted by Crippen LogP contribution is -2.10. The molecule has 1 atom stereocenters. The van der Waals surface area contributed by atoms with E-state index >= 15 is 0 Å². The number of halogens is 1. The monoisotopic (exact) mass is 314 g/mol. The highest BCUT2D eigenvalue weighted by Gasteiger charge is 2.37. The first-order valence-corrected chi connectivity index (χ1v) is 7.29. The number of carbonyl (C=O) groups excluding carboxylic acids is 1. The molecule has 0 spiro atoms. The van der Waals surface area contributed by atoms with E-state index in [0.29, 0.717) is 22.0 Å². The summed E-state index contributed by atoms with van der Waals surface area (Å²) >= 11 is 6.37. The van der Waals surface area contributed by atoms with Crippen molar-refractivity contribution in [2.45, 2.75) is 13.0 Å². The summed E-state index contributed by atoms with van der Waals surface area (Å²) in [7, 11) is 1.72. The van der Waals surface area contributed by atoms with Crippen molar-refractivity contribution in [3.8, 4) is 0 Å². The van der Waals surface area contributed by atoms with Crippen molar-refractivity contribution in [1.29, 1.82) is 0 Å². The number of nitrogens with zero attached hydrogens (tertiary/aromatic N) is 1. The summed E-state index contributed by atoms with van der Waals surface area (Å²) < 4.78 is 5.79. The van der Waals surface area contributed by atoms with E-state index in [1.165, 1.54) is 0 Å². The standard InChI is InChI=1S/C17H15ClN2O2/c1-10-5-3-7-12(14(10)18)13-15(21)16(22-17(13)19-2)11-6-4-8-20-9-11/h3-9,16,19H,1-2H3. The molecular weight excluding hydrogens is 300 g/mol. The molecule has 1 unspecified atom stereocenters. The van der Waals surface area contributed by atoms with Gasteiger partial charge in [0, 0.05) is 30.6 Å². The van der Waals surface area contributed by atoms with E-state index in [0.717, 1.165) is 11.1 Å². The molecular formula is C17H15ClN2O2. The molecule has 0 bridgehead atoms. The van der Waals surface area contributed by atoms with E-state index < -0.39 is 6.10 Å². The highest BCUT2D eigenvalue weighted by Crippen LogP contribution is 2.39. The van der Waals surface area contributed by atoms with Crippen molar-refractivity contribution in [1.82, 2.24) is 10.3 Å². The van der Waals surface area contributed by atoms with Crippen LogP contribution in [0.2, 0.25) is 5.02 Å². The van der Waals surface area contributed by atoms with Crippen molar-refractivity contribution in [2.75, 3.05) is 7.05 Å². The summed E-state index contributed by atoms with van der Waals surface area (Å²) in [4.78, 5) is 16.9. The highest BCUT2D eigenvalue weighted by molar-refractivity contribution is 6.36. The predicted molar refractivity (Wildman–Crippen MR) is 85.2 cm³/mol. The Kier molecular flexibility index (Phi) is 3.86. The minimum Gasteiger partial charge on any atom is -0.462 e. The van der Waals surface area contributed by atoms with Gasteiger partial charge in [-0.2, -0.15) is 0 Å². The first-order chi connectivity index (χ1) is 10.6. The Morgan fingerprint density at radius 1 is 1.27 bits per heavy atom. The van der Waals surface area contributed by atoms with Gasteiger partial charge in [0.2, 0.25) is 5.78 Å². The molecule has 1 aliphatic heterocycles. The van der Waals surface area contributed by atoms with Gasteiger partial charge in [-0.15, -0.1) is 0 Å². The van der Waals surface area contributed by atoms with Crippen molar-refractivity contribution < 1.29 is 9.53 Å². The molecule has 1 aliphatic rings. The molecule has 2 aromatic rings. The largest absolute Gasteiger partial charge is 0.462 e. The Morgan fingerprint density at radius 2 is 2.09 bits per heavy atom. The molecule has 1 aromatic heterocycles. The molecule has 0 amide bonds. The van der Waals surface area contributed by atoms with Gasteiger partial charge in [0.15, 0.2) is 12.0 Å². The molecule has 0 saturated heterocycles. The summed E-state index contributed by atoms with van der Waals surface area (Å²) in [5.74, 6) is 0.316. The van der Waals surface area contributed by atoms with Crippen LogP contribution in [0.15, 0.2) is 48.6 Å². The molecule has 2 heterocycles. The number of rotatable bonds is 3. The lowest BCUT2D eigenvalue weighted by Gasteiger charge is -2.10. The predicted octanol–water partition coefficient (Wildman–Crippen LogP) is 3.27. The Balaban J connectivity index is 2.06. The maximum absolute atomic E-state index is 12.8. The minimum absolute atomic E-state index is 0.121. The Bertz CT molecular complexity index is 757. The Morgan fingerprint density at radius 3 is 2.77 bits per heavy atom. The number of Topliss-reactive ketones (excluding diaryl/α,β-unsaturated/α-hetero) is 1. The molecule has 3 rings (SSSR count). The smallest absolute Gasteiger partial charge is 0.214 e. The molecule has 0 aliphatic carbocycles. The van der Waals surface area contributed by atoms with Crippen LogP contribution in [0.25, 0.3) is 5.57 Å². The number of aromatic nitrogens is 1. The third-order valence-corrected chi connectivity index (χ3v) is 4.12. The second-order valence-electron chi connectivity index (χ2n) is 5.04. The van der Waals surface area contributed by atoms with Gasteiger partial charge in [-0.1, -0.05) is 35.9 Å². The summed E-state index contributed by atoms with van der Waals surface area (Å²) in [6, 6.07) is 9.22. The van der Waals surface area contributed by atoms with E-state index in [1.807, 2.05) is 31.2 Å². The normalized spacial score (nSPS) is 17.6. The number of hydrogen-bond acceptors (Lipinski definition) is 4. The van der Waals surface area contributed by atoms with Crippen molar-refractivity contribution in [2.24, 2.45) is 0 Å². The number of carbonyl (C=O) groups is 1. The third kappa shape index (κ3) is 2.35. The molecule has 22 heavy (non-hydrogen) atoms. The number of hydrogen-bond donors (Lipinski definition) is 1. The highest BCUT2D eigenvalue weighted by atomic mass is 35.5. The zero-order valence-electron chi connectivity index (χ0n) is 12.3. The average molecular weight is 315 g/mol. The van der Waals surface area contributed by atoms with Crippen LogP contribution in [-0.2, 0) is 9.53 Å². The van der Waals surface area contributed by atoms with Crippen LogP contribution < -0.4 is 5.32 Å². The summed E-state index contributed by atoms with van der Waals surface area (Å²) in [5.41, 5.74) is 2.80. The maximum atomic E-state index is 12.8. The van der Waals surface area contributed by atoms with E-state index in [9.17, 15) is 4.79 Å². The van der Waals surface area contributed by atoms with Gasteiger partial charge in [0.25, 0.3) is 0 Å². The molecule has 0 radical (unpaired) electrons. The van der Waals surface area contributed by atoms with E-state index in [4.69, 9.17) is 16.3 Å². The summed E-state index contributed by atoms with van der Waals surface area (Å²) in [6.45, 7) is 1.91. The van der Waals surface area contributed by atoms with Gasteiger partial charge in [-0.25, -0.2) is 0 Å². The SMILES string of the molecule is CNC1=C(c2cccc(C)c2Cl)C(=O)C(c2cccnc2)O1. The van der Waals surface area contributed by atoms with Gasteiger partial charge in [0.1, 0.15) is 0 Å². The van der Waals surface area contributed by atoms with Gasteiger partial charge in [0.05, 0.1) is 10.6 Å². The first kappa shape index (κ1) is 14.6. The molecule has 0 fully saturated rings. The Labute approximate surface area is 133 Å². The van der Waals surface area contributed by atoms with Crippen LogP contribution >= 0.6 is 11.6 Å². The first-order valence-electron chi connectivity index (χ1n) is 6.91. The van der Waals surface area contributed by atoms with Crippen LogP contribution in [-0.4, -0.2) is 17.8 Å². The van der Waals surface area contributed by atoms with Crippen molar-refractivity contribution in [3.05, 3.63) is 70.3 Å². The second kappa shape index (κ2) is 5.81. The lowest BCUT2D eigenvalue weighted by atomic mass is 9.96. The topological polar surface area (TPSA) is 51.2 Å². The van der Waals surface area contributed by atoms with Crippen LogP contribution in [0.4, 0.5) is 0 Å². The zero-order chi connectivity index (χ0) is 15.7. The minimum atomic E-state index is -0.692. The number of aryl methyl sites for hydroxylation is 1. The number of pyridine rings is 1. The van der Waals surface area contributed by atoms with Crippen LogP contribution in [0.1, 0.15) is 22.8 Å². The van der Waals surface area contributed by atoms with E-state index in [-0.39, 0.29) is 5.78 Å². The van der Waals surface area contributed by atoms with Crippen molar-refractivity contribution >= 4 is 23.0 Å². The summed E-state index contributed by atoms with van der Waals surface area (Å²) in [5, 5.41) is 3.51. The lowest BCUT2D eigenvalue weighted by molar-refractivity contribution is -0.120. The number of nitrogens with one attached hydrogen (secondary N) is 1. The van der Waals surface area contributed by atoms with E-state index in [2.05, 4.69) is 10.3 Å². The number of ketones is 1. The molecule has 1 N–H and O–H groups in total. The summed E-state index contributed by atoms with van der Waals surface area (Å²) in [6.07, 6.45) is 2.60. The average Bonchev–Trinajstić information content (AvgIpc) is 2.87. The van der Waals surface area contributed by atoms with Gasteiger partial charge >= 0.3 is 0 Å². The second-order valence-corrected chi connectivity index (χ2v) is 5.42. The van der Waals surface area contributed by atoms with E-state index in [1.54, 1.807) is 25.5 Å². The van der Waals surface area contributed by atoms with Crippen LogP contribution in [0.5, 0.6) is 0 Å². The fourth-order valence-corrected chi connectivity index (χ4v) is 2.72. The maximum Gasteiger partial charge on any atom is 0.214 e. The van der Waals surface area contributed by atoms with Gasteiger partial charge in [-0.05, 0) is 18.6 Å². The third-order valence-electron chi connectivity index (χ3n) is 3.62. The zero-order valence-corrected chi connectivity index (χ0v) is 13.0. The molecule has 1 aromatic carbocycles.